The highest BCUT2D eigenvalue weighted by Crippen LogP contribution is 2.39. The van der Waals surface area contributed by atoms with Gasteiger partial charge >= 0.3 is 0 Å². The molecule has 0 atom stereocenters. The van der Waals surface area contributed by atoms with Gasteiger partial charge in [0.2, 0.25) is 0 Å². The summed E-state index contributed by atoms with van der Waals surface area (Å²) < 4.78 is 14.0. The Kier molecular flexibility index (Phi) is 3.36. The van der Waals surface area contributed by atoms with Gasteiger partial charge in [-0.3, -0.25) is 9.69 Å². The maximum absolute atomic E-state index is 14.0. The molecule has 1 aliphatic rings. The van der Waals surface area contributed by atoms with Crippen molar-refractivity contribution in [3.63, 3.8) is 0 Å². The number of anilines is 1. The Morgan fingerprint density at radius 1 is 1.05 bits per heavy atom. The normalized spacial score (nSPS) is 16.0. The maximum Gasteiger partial charge on any atom is 0.262 e. The second-order valence-corrected chi connectivity index (χ2v) is 6.12. The van der Waals surface area contributed by atoms with Crippen LogP contribution in [0, 0.1) is 5.82 Å². The van der Waals surface area contributed by atoms with Gasteiger partial charge in [0.05, 0.1) is 16.8 Å². The molecule has 1 aliphatic heterocycles. The van der Waals surface area contributed by atoms with Crippen LogP contribution in [0.15, 0.2) is 54.6 Å². The van der Waals surface area contributed by atoms with Gasteiger partial charge in [-0.2, -0.15) is 0 Å². The van der Waals surface area contributed by atoms with Crippen LogP contribution in [0.1, 0.15) is 36.7 Å². The first-order chi connectivity index (χ1) is 10.4. The summed E-state index contributed by atoms with van der Waals surface area (Å²) >= 11 is 0. The van der Waals surface area contributed by atoms with Gasteiger partial charge in [0.15, 0.2) is 0 Å². The van der Waals surface area contributed by atoms with E-state index in [-0.39, 0.29) is 11.5 Å². The Hall–Kier alpha value is -2.42. The van der Waals surface area contributed by atoms with Gasteiger partial charge in [-0.1, -0.05) is 36.4 Å². The molecule has 0 bridgehead atoms. The Labute approximate surface area is 129 Å². The number of halogens is 1. The van der Waals surface area contributed by atoms with E-state index in [1.54, 1.807) is 17.0 Å². The van der Waals surface area contributed by atoms with Gasteiger partial charge < -0.3 is 0 Å². The predicted molar refractivity (Wildman–Crippen MR) is 87.4 cm³/mol. The van der Waals surface area contributed by atoms with Crippen LogP contribution in [0.2, 0.25) is 0 Å². The number of hydrogen-bond donors (Lipinski definition) is 0. The summed E-state index contributed by atoms with van der Waals surface area (Å²) in [6, 6.07) is 13.9. The molecule has 2 nitrogen and oxygen atoms in total. The minimum Gasteiger partial charge on any atom is -0.299 e. The monoisotopic (exact) mass is 295 g/mol. The standard InChI is InChI=1S/C19H18FNO/c1-13-12-19(2,3)21(17-11-7-5-8-14(13)17)18(22)15-9-4-6-10-16(15)20/h4-12H,1-3H3. The molecule has 112 valence electrons. The van der Waals surface area contributed by atoms with Gasteiger partial charge in [0.1, 0.15) is 5.82 Å². The van der Waals surface area contributed by atoms with E-state index in [9.17, 15) is 9.18 Å². The first-order valence-electron chi connectivity index (χ1n) is 7.30. The van der Waals surface area contributed by atoms with Crippen LogP contribution in [0.5, 0.6) is 0 Å². The molecule has 3 rings (SSSR count). The van der Waals surface area contributed by atoms with Crippen molar-refractivity contribution in [3.05, 3.63) is 71.6 Å². The highest BCUT2D eigenvalue weighted by atomic mass is 19.1. The van der Waals surface area contributed by atoms with E-state index in [1.165, 1.54) is 12.1 Å². The molecule has 1 amide bonds. The molecular weight excluding hydrogens is 277 g/mol. The lowest BCUT2D eigenvalue weighted by molar-refractivity contribution is 0.0966. The molecule has 0 aliphatic carbocycles. The van der Waals surface area contributed by atoms with Crippen LogP contribution in [-0.4, -0.2) is 11.4 Å². The van der Waals surface area contributed by atoms with E-state index in [1.807, 2.05) is 51.1 Å². The van der Waals surface area contributed by atoms with Crippen molar-refractivity contribution in [2.24, 2.45) is 0 Å². The van der Waals surface area contributed by atoms with Gasteiger partial charge in [-0.15, -0.1) is 0 Å². The molecule has 2 aromatic rings. The summed E-state index contributed by atoms with van der Waals surface area (Å²) in [7, 11) is 0. The number of amides is 1. The van der Waals surface area contributed by atoms with E-state index in [0.717, 1.165) is 16.8 Å². The number of carbonyl (C=O) groups excluding carboxylic acids is 1. The zero-order valence-corrected chi connectivity index (χ0v) is 12.9. The fraction of sp³-hybridized carbons (Fsp3) is 0.211. The van der Waals surface area contributed by atoms with E-state index in [0.29, 0.717) is 0 Å². The quantitative estimate of drug-likeness (QED) is 0.748. The van der Waals surface area contributed by atoms with Crippen LogP contribution in [0.3, 0.4) is 0 Å². The Bertz CT molecular complexity index is 777. The number of para-hydroxylation sites is 1. The van der Waals surface area contributed by atoms with Crippen molar-refractivity contribution < 1.29 is 9.18 Å². The molecule has 0 radical (unpaired) electrons. The predicted octanol–water partition coefficient (Wildman–Crippen LogP) is 4.67. The number of allylic oxidation sites excluding steroid dienone is 1. The molecular formula is C19H18FNO. The van der Waals surface area contributed by atoms with Crippen LogP contribution in [0.25, 0.3) is 5.57 Å². The third kappa shape index (κ3) is 2.23. The topological polar surface area (TPSA) is 20.3 Å². The minimum atomic E-state index is -0.516. The van der Waals surface area contributed by atoms with E-state index >= 15 is 0 Å². The molecule has 0 unspecified atom stereocenters. The van der Waals surface area contributed by atoms with Crippen LogP contribution < -0.4 is 4.90 Å². The average molecular weight is 295 g/mol. The highest BCUT2D eigenvalue weighted by molar-refractivity contribution is 6.10. The molecule has 1 heterocycles. The first-order valence-corrected chi connectivity index (χ1v) is 7.30. The van der Waals surface area contributed by atoms with Crippen molar-refractivity contribution in [1.82, 2.24) is 0 Å². The molecule has 2 aromatic carbocycles. The molecule has 0 spiro atoms. The number of carbonyl (C=O) groups is 1. The van der Waals surface area contributed by atoms with Gasteiger partial charge in [0.25, 0.3) is 5.91 Å². The SMILES string of the molecule is CC1=CC(C)(C)N(C(=O)c2ccccc2F)c2ccccc21. The van der Waals surface area contributed by atoms with Crippen LogP contribution in [0.4, 0.5) is 10.1 Å². The molecule has 0 N–H and O–H groups in total. The third-order valence-corrected chi connectivity index (χ3v) is 4.02. The van der Waals surface area contributed by atoms with Crippen molar-refractivity contribution in [3.8, 4) is 0 Å². The number of nitrogens with zero attached hydrogens (tertiary/aromatic N) is 1. The number of fused-ring (bicyclic) bond motifs is 1. The molecule has 0 saturated heterocycles. The lowest BCUT2D eigenvalue weighted by Crippen LogP contribution is -2.49. The summed E-state index contributed by atoms with van der Waals surface area (Å²) in [5.41, 5.74) is 2.53. The zero-order chi connectivity index (χ0) is 15.9. The van der Waals surface area contributed by atoms with E-state index < -0.39 is 11.4 Å². The molecule has 3 heteroatoms. The Morgan fingerprint density at radius 2 is 1.68 bits per heavy atom. The van der Waals surface area contributed by atoms with Crippen molar-refractivity contribution in [1.29, 1.82) is 0 Å². The average Bonchev–Trinajstić information content (AvgIpc) is 2.46. The summed E-state index contributed by atoms with van der Waals surface area (Å²) in [5, 5.41) is 0. The molecule has 0 fully saturated rings. The fourth-order valence-corrected chi connectivity index (χ4v) is 3.11. The third-order valence-electron chi connectivity index (χ3n) is 4.02. The van der Waals surface area contributed by atoms with E-state index in [2.05, 4.69) is 0 Å². The first kappa shape index (κ1) is 14.5. The van der Waals surface area contributed by atoms with Crippen LogP contribution >= 0.6 is 0 Å². The number of hydrogen-bond acceptors (Lipinski definition) is 1. The highest BCUT2D eigenvalue weighted by Gasteiger charge is 2.36. The second kappa shape index (κ2) is 5.09. The largest absolute Gasteiger partial charge is 0.299 e. The smallest absolute Gasteiger partial charge is 0.262 e. The molecule has 0 aromatic heterocycles. The van der Waals surface area contributed by atoms with Gasteiger partial charge in [0, 0.05) is 5.56 Å². The summed E-state index contributed by atoms with van der Waals surface area (Å²) in [6.07, 6.45) is 2.05. The summed E-state index contributed by atoms with van der Waals surface area (Å²) in [4.78, 5) is 14.6. The fourth-order valence-electron chi connectivity index (χ4n) is 3.11. The van der Waals surface area contributed by atoms with Gasteiger partial charge in [-0.25, -0.2) is 4.39 Å². The van der Waals surface area contributed by atoms with E-state index in [4.69, 9.17) is 0 Å². The lowest BCUT2D eigenvalue weighted by atomic mass is 9.88. The van der Waals surface area contributed by atoms with Crippen molar-refractivity contribution in [2.45, 2.75) is 26.3 Å². The van der Waals surface area contributed by atoms with Gasteiger partial charge in [-0.05, 0) is 44.5 Å². The maximum atomic E-state index is 14.0. The summed E-state index contributed by atoms with van der Waals surface area (Å²) in [6.45, 7) is 5.96. The molecule has 0 saturated carbocycles. The van der Waals surface area contributed by atoms with Crippen molar-refractivity contribution in [2.75, 3.05) is 4.90 Å². The lowest BCUT2D eigenvalue weighted by Gasteiger charge is -2.41. The molecule has 22 heavy (non-hydrogen) atoms. The zero-order valence-electron chi connectivity index (χ0n) is 12.9. The van der Waals surface area contributed by atoms with Crippen molar-refractivity contribution >= 4 is 17.2 Å². The summed E-state index contributed by atoms with van der Waals surface area (Å²) in [5.74, 6) is -0.814. The second-order valence-electron chi connectivity index (χ2n) is 6.12. The number of benzene rings is 2. The van der Waals surface area contributed by atoms with Crippen LogP contribution in [-0.2, 0) is 0 Å². The Morgan fingerprint density at radius 3 is 2.41 bits per heavy atom. The number of rotatable bonds is 1. The minimum absolute atomic E-state index is 0.0957. The Balaban J connectivity index is 2.17.